The summed E-state index contributed by atoms with van der Waals surface area (Å²) in [6, 6.07) is 10.3. The van der Waals surface area contributed by atoms with Crippen molar-refractivity contribution in [1.82, 2.24) is 9.62 Å². The lowest BCUT2D eigenvalue weighted by Crippen LogP contribution is -2.63. The van der Waals surface area contributed by atoms with Gasteiger partial charge in [-0.3, -0.25) is 4.79 Å². The molecule has 0 radical (unpaired) electrons. The Morgan fingerprint density at radius 2 is 1.86 bits per heavy atom. The number of hydrogen-bond acceptors (Lipinski definition) is 4. The Hall–Kier alpha value is -2.50. The molecule has 3 N–H and O–H groups in total. The highest BCUT2D eigenvalue weighted by atomic mass is 32.2. The van der Waals surface area contributed by atoms with Crippen LogP contribution in [-0.2, 0) is 21.1 Å². The molecule has 2 aromatic carbocycles. The van der Waals surface area contributed by atoms with Gasteiger partial charge in [0.1, 0.15) is 15.7 Å². The summed E-state index contributed by atoms with van der Waals surface area (Å²) in [5.41, 5.74) is -0.0985. The van der Waals surface area contributed by atoms with E-state index < -0.39 is 63.1 Å². The Bertz CT molecular complexity index is 1340. The second kappa shape index (κ2) is 8.78. The molecule has 2 aliphatic carbocycles. The molecule has 5 rings (SSSR count). The van der Waals surface area contributed by atoms with Gasteiger partial charge in [0, 0.05) is 31.0 Å². The molecule has 0 spiro atoms. The number of aryl methyl sites for hydroxylation is 1. The number of carbonyl (C=O) groups is 1. The number of amides is 1. The number of halogens is 4. The summed E-state index contributed by atoms with van der Waals surface area (Å²) in [7, 11) is -3.89. The Morgan fingerprint density at radius 3 is 2.49 bits per heavy atom. The summed E-state index contributed by atoms with van der Waals surface area (Å²) >= 11 is 0. The minimum atomic E-state index is -3.89. The Labute approximate surface area is 213 Å². The number of likely N-dealkylation sites (tertiary alicyclic amines) is 1. The molecule has 200 valence electrons. The van der Waals surface area contributed by atoms with Crippen molar-refractivity contribution in [2.75, 3.05) is 6.54 Å². The molecule has 3 aliphatic rings. The molecule has 6 nitrogen and oxygen atoms in total. The highest BCUT2D eigenvalue weighted by molar-refractivity contribution is 7.92. The SMILES string of the molecule is Cc1cccc(-c2cccc(C[C@H]3[C@@H](NS(=N)(=O)C4(F)CC4)CCN3C(=O)C3(O)CC(F)(F)C3)c2F)c1. The summed E-state index contributed by atoms with van der Waals surface area (Å²) in [5, 5.41) is 8.40. The van der Waals surface area contributed by atoms with Crippen LogP contribution in [0.3, 0.4) is 0 Å². The second-order valence-electron chi connectivity index (χ2n) is 10.6. The van der Waals surface area contributed by atoms with E-state index >= 15 is 4.39 Å². The van der Waals surface area contributed by atoms with Crippen LogP contribution in [0.5, 0.6) is 0 Å². The summed E-state index contributed by atoms with van der Waals surface area (Å²) in [6.07, 6.45) is -2.03. The second-order valence-corrected chi connectivity index (χ2v) is 12.7. The predicted molar refractivity (Wildman–Crippen MR) is 130 cm³/mol. The van der Waals surface area contributed by atoms with Crippen LogP contribution in [0.2, 0.25) is 0 Å². The van der Waals surface area contributed by atoms with E-state index in [4.69, 9.17) is 4.78 Å². The van der Waals surface area contributed by atoms with Gasteiger partial charge in [-0.15, -0.1) is 0 Å². The smallest absolute Gasteiger partial charge is 0.255 e. The molecule has 3 atom stereocenters. The molecule has 11 heteroatoms. The van der Waals surface area contributed by atoms with Crippen LogP contribution in [0, 0.1) is 17.5 Å². The minimum Gasteiger partial charge on any atom is -0.380 e. The molecular formula is C26H29F4N3O3S. The first-order valence-electron chi connectivity index (χ1n) is 12.2. The van der Waals surface area contributed by atoms with Gasteiger partial charge < -0.3 is 10.0 Å². The number of carbonyl (C=O) groups excluding carboxylic acids is 1. The van der Waals surface area contributed by atoms with Crippen LogP contribution in [0.15, 0.2) is 42.5 Å². The van der Waals surface area contributed by atoms with Crippen LogP contribution < -0.4 is 4.72 Å². The van der Waals surface area contributed by atoms with Gasteiger partial charge in [0.05, 0.1) is 6.04 Å². The summed E-state index contributed by atoms with van der Waals surface area (Å²) in [5.74, 6) is -4.61. The molecule has 0 aromatic heterocycles. The standard InChI is InChI=1S/C26H29F4N3O3S/c1-16-4-2-5-17(12-16)19-7-3-6-18(22(19)27)13-21-20(32-37(31,36)26(30)9-10-26)8-11-33(21)23(34)24(35)14-25(28,29)15-24/h2-7,12,20-21,35H,8-11,13-15H2,1H3,(H2,31,32,36)/t20-,21-,37?/m0/s1. The number of benzene rings is 2. The van der Waals surface area contributed by atoms with Crippen LogP contribution >= 0.6 is 0 Å². The van der Waals surface area contributed by atoms with Crippen LogP contribution in [0.1, 0.15) is 43.2 Å². The van der Waals surface area contributed by atoms with E-state index in [0.717, 1.165) is 5.56 Å². The van der Waals surface area contributed by atoms with E-state index in [1.54, 1.807) is 24.3 Å². The largest absolute Gasteiger partial charge is 0.380 e. The van der Waals surface area contributed by atoms with Gasteiger partial charge in [0.2, 0.25) is 5.00 Å². The van der Waals surface area contributed by atoms with Crippen LogP contribution in [-0.4, -0.2) is 55.3 Å². The molecule has 0 bridgehead atoms. The van der Waals surface area contributed by atoms with Crippen molar-refractivity contribution < 1.29 is 31.7 Å². The topological polar surface area (TPSA) is 93.5 Å². The molecule has 2 saturated carbocycles. The maximum Gasteiger partial charge on any atom is 0.255 e. The van der Waals surface area contributed by atoms with E-state index in [2.05, 4.69) is 4.72 Å². The third-order valence-corrected chi connectivity index (χ3v) is 9.69. The third kappa shape index (κ3) is 4.77. The first-order valence-corrected chi connectivity index (χ1v) is 13.8. The molecule has 1 unspecified atom stereocenters. The molecule has 2 aromatic rings. The molecule has 1 aliphatic heterocycles. The monoisotopic (exact) mass is 539 g/mol. The van der Waals surface area contributed by atoms with Gasteiger partial charge in [-0.1, -0.05) is 48.0 Å². The van der Waals surface area contributed by atoms with Gasteiger partial charge in [-0.05, 0) is 43.7 Å². The lowest BCUT2D eigenvalue weighted by molar-refractivity contribution is -0.215. The van der Waals surface area contributed by atoms with Gasteiger partial charge >= 0.3 is 0 Å². The fraction of sp³-hybridized carbons (Fsp3) is 0.500. The lowest BCUT2D eigenvalue weighted by atomic mass is 9.75. The van der Waals surface area contributed by atoms with Crippen LogP contribution in [0.25, 0.3) is 11.1 Å². The number of nitrogens with zero attached hydrogens (tertiary/aromatic N) is 1. The Balaban J connectivity index is 1.46. The van der Waals surface area contributed by atoms with Crippen molar-refractivity contribution in [1.29, 1.82) is 4.78 Å². The number of nitrogens with one attached hydrogen (secondary N) is 2. The van der Waals surface area contributed by atoms with Crippen molar-refractivity contribution in [3.8, 4) is 11.1 Å². The number of rotatable bonds is 7. The molecule has 1 saturated heterocycles. The van der Waals surface area contributed by atoms with Crippen molar-refractivity contribution >= 4 is 15.8 Å². The maximum atomic E-state index is 15.7. The average molecular weight is 540 g/mol. The van der Waals surface area contributed by atoms with Crippen molar-refractivity contribution in [2.24, 2.45) is 0 Å². The predicted octanol–water partition coefficient (Wildman–Crippen LogP) is 4.48. The normalized spacial score (nSPS) is 26.8. The van der Waals surface area contributed by atoms with E-state index in [-0.39, 0.29) is 37.8 Å². The van der Waals surface area contributed by atoms with Crippen LogP contribution in [0.4, 0.5) is 17.6 Å². The maximum absolute atomic E-state index is 15.7. The van der Waals surface area contributed by atoms with E-state index in [1.807, 2.05) is 19.1 Å². The Morgan fingerprint density at radius 1 is 1.19 bits per heavy atom. The fourth-order valence-electron chi connectivity index (χ4n) is 5.42. The quantitative estimate of drug-likeness (QED) is 0.453. The summed E-state index contributed by atoms with van der Waals surface area (Å²) in [4.78, 5) is 14.4. The van der Waals surface area contributed by atoms with E-state index in [0.29, 0.717) is 11.1 Å². The zero-order valence-electron chi connectivity index (χ0n) is 20.3. The Kier molecular flexibility index (Phi) is 6.20. The average Bonchev–Trinajstić information content (AvgIpc) is 3.46. The van der Waals surface area contributed by atoms with Crippen molar-refractivity contribution in [2.45, 2.75) is 74.1 Å². The van der Waals surface area contributed by atoms with E-state index in [1.165, 1.54) is 11.0 Å². The lowest BCUT2D eigenvalue weighted by Gasteiger charge is -2.44. The highest BCUT2D eigenvalue weighted by Crippen LogP contribution is 2.48. The molecule has 37 heavy (non-hydrogen) atoms. The first-order chi connectivity index (χ1) is 17.2. The van der Waals surface area contributed by atoms with Gasteiger partial charge in [0.25, 0.3) is 11.8 Å². The number of alkyl halides is 3. The fourth-order valence-corrected chi connectivity index (χ4v) is 7.01. The summed E-state index contributed by atoms with van der Waals surface area (Å²) < 4.78 is 81.0. The molecule has 1 heterocycles. The molecular weight excluding hydrogens is 510 g/mol. The van der Waals surface area contributed by atoms with Crippen molar-refractivity contribution in [3.05, 3.63) is 59.4 Å². The third-order valence-electron chi connectivity index (χ3n) is 7.62. The van der Waals surface area contributed by atoms with Crippen molar-refractivity contribution in [3.63, 3.8) is 0 Å². The van der Waals surface area contributed by atoms with Gasteiger partial charge in [-0.2, -0.15) is 0 Å². The van der Waals surface area contributed by atoms with E-state index in [9.17, 15) is 27.3 Å². The van der Waals surface area contributed by atoms with Gasteiger partial charge in [-0.25, -0.2) is 31.3 Å². The summed E-state index contributed by atoms with van der Waals surface area (Å²) in [6.45, 7) is 1.89. The molecule has 3 fully saturated rings. The minimum absolute atomic E-state index is 0.00302. The zero-order valence-corrected chi connectivity index (χ0v) is 21.1. The zero-order chi connectivity index (χ0) is 26.8. The highest BCUT2D eigenvalue weighted by Gasteiger charge is 2.62. The number of hydrogen-bond donors (Lipinski definition) is 3. The number of aliphatic hydroxyl groups is 1. The molecule has 1 amide bonds. The first kappa shape index (κ1) is 26.1. The van der Waals surface area contributed by atoms with Gasteiger partial charge in [0.15, 0.2) is 5.60 Å².